The Morgan fingerprint density at radius 1 is 0.271 bits per heavy atom. The lowest BCUT2D eigenvalue weighted by Gasteiger charge is -2.20. The molecule has 0 amide bonds. The Morgan fingerprint density at radius 3 is 1.44 bits per heavy atom. The van der Waals surface area contributed by atoms with E-state index in [4.69, 9.17) is 8.83 Å². The van der Waals surface area contributed by atoms with E-state index in [9.17, 15) is 0 Å². The smallest absolute Gasteiger partial charge is 0.143 e. The van der Waals surface area contributed by atoms with Crippen LogP contribution in [0.5, 0.6) is 0 Å². The third kappa shape index (κ3) is 4.00. The molecule has 2 heteroatoms. The highest BCUT2D eigenvalue weighted by molar-refractivity contribution is 6.26. The molecule has 224 valence electrons. The first-order valence-electron chi connectivity index (χ1n) is 16.4. The van der Waals surface area contributed by atoms with Crippen LogP contribution >= 0.6 is 0 Å². The summed E-state index contributed by atoms with van der Waals surface area (Å²) in [4.78, 5) is 0. The van der Waals surface area contributed by atoms with Gasteiger partial charge in [0.15, 0.2) is 0 Å². The molecule has 0 fully saturated rings. The molecule has 0 atom stereocenters. The van der Waals surface area contributed by atoms with E-state index in [1.807, 2.05) is 12.1 Å². The molecule has 8 aromatic carbocycles. The molecule has 10 aromatic rings. The van der Waals surface area contributed by atoms with Gasteiger partial charge in [0.1, 0.15) is 22.5 Å². The first-order chi connectivity index (χ1) is 23.8. The van der Waals surface area contributed by atoms with Gasteiger partial charge < -0.3 is 8.83 Å². The monoisotopic (exact) mass is 612 g/mol. The largest absolute Gasteiger partial charge is 0.456 e. The SMILES string of the molecule is c1ccc(-c2ccccc2-c2c3ccccc3c(-c3c(-c4ccccc4)oc4cc5oc6ccccc6c5cc34)c3ccccc23)cc1. The molecule has 2 aromatic heterocycles. The molecular weight excluding hydrogens is 585 g/mol. The van der Waals surface area contributed by atoms with E-state index in [1.54, 1.807) is 0 Å². The Balaban J connectivity index is 1.37. The fourth-order valence-corrected chi connectivity index (χ4v) is 7.62. The zero-order chi connectivity index (χ0) is 31.6. The number of fused-ring (bicyclic) bond motifs is 6. The van der Waals surface area contributed by atoms with E-state index in [1.165, 1.54) is 49.4 Å². The average molecular weight is 613 g/mol. The topological polar surface area (TPSA) is 26.3 Å². The number of furan rings is 2. The second-order valence-electron chi connectivity index (χ2n) is 12.4. The van der Waals surface area contributed by atoms with Gasteiger partial charge in [-0.3, -0.25) is 0 Å². The van der Waals surface area contributed by atoms with Crippen LogP contribution in [-0.4, -0.2) is 0 Å². The summed E-state index contributed by atoms with van der Waals surface area (Å²) in [6, 6.07) is 60.2. The lowest BCUT2D eigenvalue weighted by Crippen LogP contribution is -1.93. The van der Waals surface area contributed by atoms with Crippen molar-refractivity contribution in [2.45, 2.75) is 0 Å². The summed E-state index contributed by atoms with van der Waals surface area (Å²) in [7, 11) is 0. The van der Waals surface area contributed by atoms with Gasteiger partial charge in [0.05, 0.1) is 0 Å². The maximum atomic E-state index is 6.87. The predicted octanol–water partition coefficient (Wildman–Crippen LogP) is 13.3. The molecule has 2 nitrogen and oxygen atoms in total. The first-order valence-corrected chi connectivity index (χ1v) is 16.4. The number of hydrogen-bond donors (Lipinski definition) is 0. The van der Waals surface area contributed by atoms with E-state index in [0.717, 1.165) is 49.8 Å². The van der Waals surface area contributed by atoms with Gasteiger partial charge in [-0.15, -0.1) is 0 Å². The van der Waals surface area contributed by atoms with Crippen LogP contribution in [0.2, 0.25) is 0 Å². The molecule has 0 N–H and O–H groups in total. The van der Waals surface area contributed by atoms with Crippen molar-refractivity contribution in [1.29, 1.82) is 0 Å². The van der Waals surface area contributed by atoms with Gasteiger partial charge in [-0.1, -0.05) is 152 Å². The third-order valence-corrected chi connectivity index (χ3v) is 9.69. The zero-order valence-electron chi connectivity index (χ0n) is 26.0. The molecule has 48 heavy (non-hydrogen) atoms. The van der Waals surface area contributed by atoms with E-state index < -0.39 is 0 Å². The van der Waals surface area contributed by atoms with Crippen LogP contribution in [0.15, 0.2) is 179 Å². The minimum Gasteiger partial charge on any atom is -0.456 e. The normalized spacial score (nSPS) is 11.8. The van der Waals surface area contributed by atoms with Crippen molar-refractivity contribution in [3.05, 3.63) is 170 Å². The van der Waals surface area contributed by atoms with Crippen LogP contribution in [0.25, 0.3) is 99.2 Å². The highest BCUT2D eigenvalue weighted by Crippen LogP contribution is 2.51. The molecule has 0 aliphatic carbocycles. The molecule has 0 aliphatic heterocycles. The fourth-order valence-electron chi connectivity index (χ4n) is 7.62. The molecule has 0 spiro atoms. The molecular formula is C46H28O2. The van der Waals surface area contributed by atoms with Gasteiger partial charge in [0.2, 0.25) is 0 Å². The van der Waals surface area contributed by atoms with E-state index in [0.29, 0.717) is 0 Å². The minimum atomic E-state index is 0.807. The Bertz CT molecular complexity index is 2760. The van der Waals surface area contributed by atoms with Gasteiger partial charge >= 0.3 is 0 Å². The highest BCUT2D eigenvalue weighted by atomic mass is 16.3. The second-order valence-corrected chi connectivity index (χ2v) is 12.4. The van der Waals surface area contributed by atoms with Crippen LogP contribution in [0.4, 0.5) is 0 Å². The first kappa shape index (κ1) is 26.8. The van der Waals surface area contributed by atoms with Crippen molar-refractivity contribution < 1.29 is 8.83 Å². The zero-order valence-corrected chi connectivity index (χ0v) is 26.0. The van der Waals surface area contributed by atoms with Crippen molar-refractivity contribution >= 4 is 54.5 Å². The Morgan fingerprint density at radius 2 is 0.771 bits per heavy atom. The molecule has 2 heterocycles. The fraction of sp³-hybridized carbons (Fsp3) is 0. The molecule has 0 bridgehead atoms. The summed E-state index contributed by atoms with van der Waals surface area (Å²) < 4.78 is 13.2. The standard InChI is InChI=1S/C46H28O2/c1-3-15-29(16-4-1)31-19-7-8-21-33(31)43-34-22-9-11-24-36(34)44(37-25-12-10-23-35(37)43)45-39-27-38-32-20-13-14-26-40(32)47-41(38)28-42(39)48-46(45)30-17-5-2-6-18-30/h1-28H. The lowest BCUT2D eigenvalue weighted by atomic mass is 9.83. The maximum absolute atomic E-state index is 6.87. The second kappa shape index (κ2) is 10.6. The Labute approximate surface area is 277 Å². The number of benzene rings is 8. The van der Waals surface area contributed by atoms with Crippen LogP contribution < -0.4 is 0 Å². The van der Waals surface area contributed by atoms with Gasteiger partial charge in [-0.2, -0.15) is 0 Å². The molecule has 0 unspecified atom stereocenters. The number of para-hydroxylation sites is 1. The van der Waals surface area contributed by atoms with E-state index in [-0.39, 0.29) is 0 Å². The van der Waals surface area contributed by atoms with Gasteiger partial charge in [-0.05, 0) is 55.9 Å². The van der Waals surface area contributed by atoms with Crippen LogP contribution in [0.1, 0.15) is 0 Å². The summed E-state index contributed by atoms with van der Waals surface area (Å²) in [5.41, 5.74) is 10.7. The Kier molecular flexibility index (Phi) is 5.91. The van der Waals surface area contributed by atoms with Crippen molar-refractivity contribution in [3.63, 3.8) is 0 Å². The molecule has 0 radical (unpaired) electrons. The molecule has 0 saturated heterocycles. The quantitative estimate of drug-likeness (QED) is 0.185. The minimum absolute atomic E-state index is 0.807. The molecule has 0 saturated carbocycles. The average Bonchev–Trinajstić information content (AvgIpc) is 3.71. The Hall–Kier alpha value is -6.38. The maximum Gasteiger partial charge on any atom is 0.143 e. The van der Waals surface area contributed by atoms with Gasteiger partial charge in [0, 0.05) is 38.9 Å². The van der Waals surface area contributed by atoms with Crippen LogP contribution in [0, 0.1) is 0 Å². The summed E-state index contributed by atoms with van der Waals surface area (Å²) in [6.45, 7) is 0. The van der Waals surface area contributed by atoms with Crippen molar-refractivity contribution in [2.24, 2.45) is 0 Å². The molecule has 10 rings (SSSR count). The summed E-state index contributed by atoms with van der Waals surface area (Å²) in [6.07, 6.45) is 0. The summed E-state index contributed by atoms with van der Waals surface area (Å²) in [5, 5.41) is 8.04. The van der Waals surface area contributed by atoms with Crippen LogP contribution in [-0.2, 0) is 0 Å². The predicted molar refractivity (Wildman–Crippen MR) is 200 cm³/mol. The van der Waals surface area contributed by atoms with Crippen molar-refractivity contribution in [1.82, 2.24) is 0 Å². The van der Waals surface area contributed by atoms with Gasteiger partial charge in [-0.25, -0.2) is 0 Å². The highest BCUT2D eigenvalue weighted by Gasteiger charge is 2.25. The summed E-state index contributed by atoms with van der Waals surface area (Å²) in [5.74, 6) is 0.857. The van der Waals surface area contributed by atoms with Crippen molar-refractivity contribution in [2.75, 3.05) is 0 Å². The van der Waals surface area contributed by atoms with Gasteiger partial charge in [0.25, 0.3) is 0 Å². The molecule has 0 aliphatic rings. The van der Waals surface area contributed by atoms with Crippen molar-refractivity contribution in [3.8, 4) is 44.7 Å². The van der Waals surface area contributed by atoms with E-state index in [2.05, 4.69) is 158 Å². The number of hydrogen-bond acceptors (Lipinski definition) is 2. The van der Waals surface area contributed by atoms with Crippen LogP contribution in [0.3, 0.4) is 0 Å². The number of rotatable bonds is 4. The summed E-state index contributed by atoms with van der Waals surface area (Å²) >= 11 is 0. The van der Waals surface area contributed by atoms with E-state index >= 15 is 0 Å². The third-order valence-electron chi connectivity index (χ3n) is 9.69. The lowest BCUT2D eigenvalue weighted by molar-refractivity contribution is 0.629.